The van der Waals surface area contributed by atoms with Crippen molar-refractivity contribution in [1.82, 2.24) is 0 Å². The van der Waals surface area contributed by atoms with Crippen molar-refractivity contribution < 1.29 is 4.79 Å². The van der Waals surface area contributed by atoms with Crippen molar-refractivity contribution in [3.8, 4) is 0 Å². The average Bonchev–Trinajstić information content (AvgIpc) is 2.35. The van der Waals surface area contributed by atoms with Crippen molar-refractivity contribution in [2.75, 3.05) is 17.2 Å². The molecule has 0 radical (unpaired) electrons. The molecule has 1 amide bonds. The zero-order chi connectivity index (χ0) is 13.1. The lowest BCUT2D eigenvalue weighted by Gasteiger charge is -2.30. The van der Waals surface area contributed by atoms with Gasteiger partial charge in [-0.3, -0.25) is 4.79 Å². The SMILES string of the molecule is CC(C)CCC(=O)N1CCCc2ccc(N)cc21. The van der Waals surface area contributed by atoms with Crippen molar-refractivity contribution in [2.24, 2.45) is 5.92 Å². The van der Waals surface area contributed by atoms with Gasteiger partial charge in [-0.05, 0) is 42.9 Å². The lowest BCUT2D eigenvalue weighted by molar-refractivity contribution is -0.118. The molecule has 3 nitrogen and oxygen atoms in total. The highest BCUT2D eigenvalue weighted by molar-refractivity contribution is 5.95. The van der Waals surface area contributed by atoms with Gasteiger partial charge in [-0.15, -0.1) is 0 Å². The van der Waals surface area contributed by atoms with E-state index in [9.17, 15) is 4.79 Å². The van der Waals surface area contributed by atoms with E-state index in [0.717, 1.165) is 37.2 Å². The van der Waals surface area contributed by atoms with E-state index in [4.69, 9.17) is 5.73 Å². The van der Waals surface area contributed by atoms with Crippen LogP contribution in [0.25, 0.3) is 0 Å². The molecule has 0 fully saturated rings. The Morgan fingerprint density at radius 2 is 2.22 bits per heavy atom. The van der Waals surface area contributed by atoms with Crippen LogP contribution >= 0.6 is 0 Å². The number of fused-ring (bicyclic) bond motifs is 1. The van der Waals surface area contributed by atoms with E-state index in [1.54, 1.807) is 0 Å². The third-order valence-electron chi connectivity index (χ3n) is 3.46. The molecule has 0 aliphatic carbocycles. The molecule has 0 spiro atoms. The van der Waals surface area contributed by atoms with Crippen molar-refractivity contribution in [3.63, 3.8) is 0 Å². The number of nitrogens with zero attached hydrogens (tertiary/aromatic N) is 1. The Hall–Kier alpha value is -1.51. The van der Waals surface area contributed by atoms with E-state index >= 15 is 0 Å². The van der Waals surface area contributed by atoms with Gasteiger partial charge in [-0.1, -0.05) is 19.9 Å². The molecule has 0 unspecified atom stereocenters. The third kappa shape index (κ3) is 2.84. The summed E-state index contributed by atoms with van der Waals surface area (Å²) in [6.45, 7) is 5.12. The number of nitrogen functional groups attached to an aromatic ring is 1. The van der Waals surface area contributed by atoms with Gasteiger partial charge in [-0.2, -0.15) is 0 Å². The van der Waals surface area contributed by atoms with Crippen LogP contribution in [0.1, 0.15) is 38.7 Å². The molecule has 18 heavy (non-hydrogen) atoms. The van der Waals surface area contributed by atoms with Crippen molar-refractivity contribution in [2.45, 2.75) is 39.5 Å². The molecule has 0 atom stereocenters. The Morgan fingerprint density at radius 3 is 2.94 bits per heavy atom. The second kappa shape index (κ2) is 5.42. The topological polar surface area (TPSA) is 46.3 Å². The Balaban J connectivity index is 2.16. The summed E-state index contributed by atoms with van der Waals surface area (Å²) in [5.41, 5.74) is 8.83. The maximum Gasteiger partial charge on any atom is 0.226 e. The van der Waals surface area contributed by atoms with E-state index in [0.29, 0.717) is 12.3 Å². The highest BCUT2D eigenvalue weighted by Gasteiger charge is 2.22. The van der Waals surface area contributed by atoms with Gasteiger partial charge < -0.3 is 10.6 Å². The molecule has 2 N–H and O–H groups in total. The number of carbonyl (C=O) groups is 1. The maximum atomic E-state index is 12.3. The highest BCUT2D eigenvalue weighted by atomic mass is 16.2. The zero-order valence-corrected chi connectivity index (χ0v) is 11.3. The second-order valence-corrected chi connectivity index (χ2v) is 5.47. The molecule has 0 saturated carbocycles. The molecule has 1 aliphatic rings. The number of hydrogen-bond acceptors (Lipinski definition) is 2. The van der Waals surface area contributed by atoms with Crippen LogP contribution in [0.2, 0.25) is 0 Å². The fourth-order valence-corrected chi connectivity index (χ4v) is 2.40. The van der Waals surface area contributed by atoms with Gasteiger partial charge in [0.25, 0.3) is 0 Å². The molecule has 1 heterocycles. The number of rotatable bonds is 3. The van der Waals surface area contributed by atoms with Gasteiger partial charge in [0.1, 0.15) is 0 Å². The van der Waals surface area contributed by atoms with Crippen LogP contribution in [0.3, 0.4) is 0 Å². The summed E-state index contributed by atoms with van der Waals surface area (Å²) in [5, 5.41) is 0. The number of benzene rings is 1. The first-order chi connectivity index (χ1) is 8.58. The van der Waals surface area contributed by atoms with Crippen LogP contribution in [-0.4, -0.2) is 12.5 Å². The predicted octanol–water partition coefficient (Wildman–Crippen LogP) is 2.98. The van der Waals surface area contributed by atoms with Gasteiger partial charge >= 0.3 is 0 Å². The minimum atomic E-state index is 0.232. The van der Waals surface area contributed by atoms with E-state index in [2.05, 4.69) is 13.8 Å². The summed E-state index contributed by atoms with van der Waals surface area (Å²) in [6.07, 6.45) is 3.67. The number of carbonyl (C=O) groups excluding carboxylic acids is 1. The molecule has 0 saturated heterocycles. The predicted molar refractivity (Wildman–Crippen MR) is 75.6 cm³/mol. The molecule has 0 aromatic heterocycles. The highest BCUT2D eigenvalue weighted by Crippen LogP contribution is 2.29. The molecule has 98 valence electrons. The first-order valence-corrected chi connectivity index (χ1v) is 6.76. The third-order valence-corrected chi connectivity index (χ3v) is 3.46. The molecule has 1 aromatic rings. The summed E-state index contributed by atoms with van der Waals surface area (Å²) in [7, 11) is 0. The number of amides is 1. The Kier molecular flexibility index (Phi) is 3.90. The average molecular weight is 246 g/mol. The number of anilines is 2. The minimum Gasteiger partial charge on any atom is -0.399 e. The van der Waals surface area contributed by atoms with Crippen LogP contribution in [0.5, 0.6) is 0 Å². The molecular formula is C15H22N2O. The maximum absolute atomic E-state index is 12.3. The molecule has 3 heteroatoms. The molecule has 1 aromatic carbocycles. The van der Waals surface area contributed by atoms with E-state index in [1.165, 1.54) is 5.56 Å². The van der Waals surface area contributed by atoms with Crippen molar-refractivity contribution >= 4 is 17.3 Å². The van der Waals surface area contributed by atoms with E-state index < -0.39 is 0 Å². The van der Waals surface area contributed by atoms with E-state index in [1.807, 2.05) is 23.1 Å². The summed E-state index contributed by atoms with van der Waals surface area (Å²) in [5.74, 6) is 0.800. The summed E-state index contributed by atoms with van der Waals surface area (Å²) in [6, 6.07) is 5.90. The number of hydrogen-bond donors (Lipinski definition) is 1. The quantitative estimate of drug-likeness (QED) is 0.833. The largest absolute Gasteiger partial charge is 0.399 e. The lowest BCUT2D eigenvalue weighted by atomic mass is 10.00. The van der Waals surface area contributed by atoms with Crippen LogP contribution in [0, 0.1) is 5.92 Å². The fraction of sp³-hybridized carbons (Fsp3) is 0.533. The normalized spacial score (nSPS) is 14.7. The first-order valence-electron chi connectivity index (χ1n) is 6.76. The van der Waals surface area contributed by atoms with Crippen LogP contribution < -0.4 is 10.6 Å². The Morgan fingerprint density at radius 1 is 1.44 bits per heavy atom. The minimum absolute atomic E-state index is 0.232. The lowest BCUT2D eigenvalue weighted by Crippen LogP contribution is -2.35. The Bertz CT molecular complexity index is 440. The van der Waals surface area contributed by atoms with Crippen LogP contribution in [0.4, 0.5) is 11.4 Å². The molecule has 0 bridgehead atoms. The van der Waals surface area contributed by atoms with Gasteiger partial charge in [0, 0.05) is 24.3 Å². The second-order valence-electron chi connectivity index (χ2n) is 5.47. The summed E-state index contributed by atoms with van der Waals surface area (Å²) < 4.78 is 0. The molecule has 2 rings (SSSR count). The van der Waals surface area contributed by atoms with Crippen molar-refractivity contribution in [1.29, 1.82) is 0 Å². The van der Waals surface area contributed by atoms with Crippen molar-refractivity contribution in [3.05, 3.63) is 23.8 Å². The standard InChI is InChI=1S/C15H22N2O/c1-11(2)5-8-15(18)17-9-3-4-12-6-7-13(16)10-14(12)17/h6-7,10-11H,3-5,8-9,16H2,1-2H3. The first kappa shape index (κ1) is 12.9. The number of nitrogens with two attached hydrogens (primary N) is 1. The Labute approximate surface area is 109 Å². The zero-order valence-electron chi connectivity index (χ0n) is 11.3. The molecular weight excluding hydrogens is 224 g/mol. The van der Waals surface area contributed by atoms with Gasteiger partial charge in [0.05, 0.1) is 0 Å². The van der Waals surface area contributed by atoms with Gasteiger partial charge in [0.15, 0.2) is 0 Å². The van der Waals surface area contributed by atoms with Gasteiger partial charge in [0.2, 0.25) is 5.91 Å². The summed E-state index contributed by atoms with van der Waals surface area (Å²) in [4.78, 5) is 14.2. The van der Waals surface area contributed by atoms with E-state index in [-0.39, 0.29) is 5.91 Å². The van der Waals surface area contributed by atoms with Gasteiger partial charge in [-0.25, -0.2) is 0 Å². The van der Waals surface area contributed by atoms with Crippen LogP contribution in [0.15, 0.2) is 18.2 Å². The number of aryl methyl sites for hydroxylation is 1. The fourth-order valence-electron chi connectivity index (χ4n) is 2.40. The monoisotopic (exact) mass is 246 g/mol. The summed E-state index contributed by atoms with van der Waals surface area (Å²) >= 11 is 0. The molecule has 1 aliphatic heterocycles. The van der Waals surface area contributed by atoms with Crippen LogP contribution in [-0.2, 0) is 11.2 Å². The smallest absolute Gasteiger partial charge is 0.226 e.